The Labute approximate surface area is 182 Å². The predicted molar refractivity (Wildman–Crippen MR) is 120 cm³/mol. The lowest BCUT2D eigenvalue weighted by atomic mass is 10.1. The number of benzene rings is 2. The first-order chi connectivity index (χ1) is 14.9. The lowest BCUT2D eigenvalue weighted by Crippen LogP contribution is -2.50. The van der Waals surface area contributed by atoms with E-state index in [-0.39, 0.29) is 6.09 Å². The van der Waals surface area contributed by atoms with Crippen LogP contribution in [-0.4, -0.2) is 52.3 Å². The number of hydrogen-bond acceptors (Lipinski definition) is 5. The van der Waals surface area contributed by atoms with Crippen LogP contribution in [0.3, 0.4) is 0 Å². The van der Waals surface area contributed by atoms with E-state index in [2.05, 4.69) is 21.6 Å². The zero-order valence-corrected chi connectivity index (χ0v) is 18.2. The van der Waals surface area contributed by atoms with Crippen molar-refractivity contribution in [3.05, 3.63) is 59.7 Å². The number of rotatable bonds is 3. The second-order valence-corrected chi connectivity index (χ2v) is 8.71. The second kappa shape index (κ2) is 8.31. The molecule has 7 heteroatoms. The normalized spacial score (nSPS) is 14.5. The highest BCUT2D eigenvalue weighted by Gasteiger charge is 2.28. The van der Waals surface area contributed by atoms with E-state index < -0.39 is 5.60 Å². The van der Waals surface area contributed by atoms with Gasteiger partial charge in [0.2, 0.25) is 5.95 Å². The fourth-order valence-corrected chi connectivity index (χ4v) is 3.81. The predicted octanol–water partition coefficient (Wildman–Crippen LogP) is 4.01. The van der Waals surface area contributed by atoms with Crippen molar-refractivity contribution in [2.75, 3.05) is 31.1 Å². The van der Waals surface area contributed by atoms with Crippen LogP contribution in [0.25, 0.3) is 11.0 Å². The number of aromatic nitrogens is 2. The quantitative estimate of drug-likeness (QED) is 0.644. The summed E-state index contributed by atoms with van der Waals surface area (Å²) in [6.07, 6.45) is -0.274. The molecule has 1 fully saturated rings. The van der Waals surface area contributed by atoms with E-state index in [0.29, 0.717) is 38.3 Å². The van der Waals surface area contributed by atoms with E-state index in [1.807, 2.05) is 63.2 Å². The highest BCUT2D eigenvalue weighted by atomic mass is 16.6. The minimum atomic E-state index is -0.504. The van der Waals surface area contributed by atoms with Gasteiger partial charge in [0, 0.05) is 26.2 Å². The van der Waals surface area contributed by atoms with Gasteiger partial charge in [0.25, 0.3) is 0 Å². The highest BCUT2D eigenvalue weighted by Crippen LogP contribution is 2.26. The molecular weight excluding hydrogens is 390 g/mol. The number of carbonyl (C=O) groups excluding carboxylic acids is 1. The van der Waals surface area contributed by atoms with Gasteiger partial charge >= 0.3 is 6.09 Å². The van der Waals surface area contributed by atoms with Crippen LogP contribution >= 0.6 is 0 Å². The summed E-state index contributed by atoms with van der Waals surface area (Å²) in [4.78, 5) is 21.3. The van der Waals surface area contributed by atoms with Gasteiger partial charge in [-0.2, -0.15) is 5.26 Å². The van der Waals surface area contributed by atoms with Crippen molar-refractivity contribution in [2.24, 2.45) is 0 Å². The molecule has 0 bridgehead atoms. The molecule has 2 heterocycles. The zero-order valence-electron chi connectivity index (χ0n) is 18.2. The molecular formula is C24H27N5O2. The molecule has 1 aliphatic heterocycles. The summed E-state index contributed by atoms with van der Waals surface area (Å²) in [7, 11) is 0. The molecule has 0 atom stereocenters. The molecule has 0 unspecified atom stereocenters. The number of amides is 1. The number of nitriles is 1. The van der Waals surface area contributed by atoms with Crippen LogP contribution in [0.5, 0.6) is 0 Å². The number of anilines is 1. The van der Waals surface area contributed by atoms with Gasteiger partial charge in [0.15, 0.2) is 0 Å². The number of carbonyl (C=O) groups is 1. The second-order valence-electron chi connectivity index (χ2n) is 8.71. The molecule has 0 spiro atoms. The number of para-hydroxylation sites is 2. The summed E-state index contributed by atoms with van der Waals surface area (Å²) < 4.78 is 7.67. The van der Waals surface area contributed by atoms with E-state index in [9.17, 15) is 10.1 Å². The maximum atomic E-state index is 12.4. The number of nitrogens with zero attached hydrogens (tertiary/aromatic N) is 5. The average Bonchev–Trinajstić information content (AvgIpc) is 3.11. The molecule has 1 saturated heterocycles. The van der Waals surface area contributed by atoms with Crippen LogP contribution in [0.2, 0.25) is 0 Å². The van der Waals surface area contributed by atoms with Gasteiger partial charge in [0.05, 0.1) is 29.2 Å². The molecule has 2 aromatic carbocycles. The molecule has 1 amide bonds. The van der Waals surface area contributed by atoms with Gasteiger partial charge in [-0.1, -0.05) is 30.3 Å². The first-order valence-corrected chi connectivity index (χ1v) is 10.5. The van der Waals surface area contributed by atoms with Crippen molar-refractivity contribution in [3.63, 3.8) is 0 Å². The van der Waals surface area contributed by atoms with Crippen molar-refractivity contribution in [2.45, 2.75) is 32.9 Å². The summed E-state index contributed by atoms with van der Waals surface area (Å²) in [6.45, 7) is 8.68. The minimum Gasteiger partial charge on any atom is -0.444 e. The van der Waals surface area contributed by atoms with Crippen molar-refractivity contribution >= 4 is 23.1 Å². The third-order valence-corrected chi connectivity index (χ3v) is 5.31. The van der Waals surface area contributed by atoms with Crippen molar-refractivity contribution in [1.82, 2.24) is 14.5 Å². The lowest BCUT2D eigenvalue weighted by Gasteiger charge is -2.36. The first-order valence-electron chi connectivity index (χ1n) is 10.5. The van der Waals surface area contributed by atoms with Crippen LogP contribution in [0.1, 0.15) is 31.9 Å². The molecule has 4 rings (SSSR count). The summed E-state index contributed by atoms with van der Waals surface area (Å²) in [5.74, 6) is 0.859. The lowest BCUT2D eigenvalue weighted by molar-refractivity contribution is 0.0240. The molecule has 31 heavy (non-hydrogen) atoms. The Morgan fingerprint density at radius 2 is 1.74 bits per heavy atom. The van der Waals surface area contributed by atoms with Gasteiger partial charge in [-0.05, 0) is 44.5 Å². The Morgan fingerprint density at radius 3 is 2.45 bits per heavy atom. The molecule has 3 aromatic rings. The van der Waals surface area contributed by atoms with Crippen LogP contribution in [0.4, 0.5) is 10.7 Å². The van der Waals surface area contributed by atoms with E-state index in [0.717, 1.165) is 22.5 Å². The van der Waals surface area contributed by atoms with Crippen molar-refractivity contribution in [3.8, 4) is 6.07 Å². The summed E-state index contributed by atoms with van der Waals surface area (Å²) in [5, 5.41) is 9.51. The molecule has 0 aliphatic carbocycles. The number of imidazole rings is 1. The maximum absolute atomic E-state index is 12.4. The molecule has 1 aliphatic rings. The monoisotopic (exact) mass is 417 g/mol. The minimum absolute atomic E-state index is 0.274. The summed E-state index contributed by atoms with van der Waals surface area (Å²) >= 11 is 0. The number of hydrogen-bond donors (Lipinski definition) is 0. The van der Waals surface area contributed by atoms with E-state index in [4.69, 9.17) is 9.72 Å². The largest absolute Gasteiger partial charge is 0.444 e. The van der Waals surface area contributed by atoms with Gasteiger partial charge in [0.1, 0.15) is 5.60 Å². The fourth-order valence-electron chi connectivity index (χ4n) is 3.81. The van der Waals surface area contributed by atoms with Crippen LogP contribution in [-0.2, 0) is 11.3 Å². The molecule has 0 N–H and O–H groups in total. The summed E-state index contributed by atoms with van der Waals surface area (Å²) in [6, 6.07) is 18.0. The summed E-state index contributed by atoms with van der Waals surface area (Å²) in [5.41, 5.74) is 3.07. The molecule has 160 valence electrons. The molecule has 1 aromatic heterocycles. The topological polar surface area (TPSA) is 74.4 Å². The average molecular weight is 418 g/mol. The van der Waals surface area contributed by atoms with Crippen LogP contribution < -0.4 is 4.90 Å². The number of ether oxygens (including phenoxy) is 1. The molecule has 7 nitrogen and oxygen atoms in total. The maximum Gasteiger partial charge on any atom is 0.410 e. The van der Waals surface area contributed by atoms with Crippen molar-refractivity contribution in [1.29, 1.82) is 5.26 Å². The van der Waals surface area contributed by atoms with E-state index in [1.165, 1.54) is 0 Å². The van der Waals surface area contributed by atoms with Gasteiger partial charge in [-0.15, -0.1) is 0 Å². The Balaban J connectivity index is 1.60. The zero-order chi connectivity index (χ0) is 22.0. The first kappa shape index (κ1) is 20.7. The fraction of sp³-hybridized carbons (Fsp3) is 0.375. The number of fused-ring (bicyclic) bond motifs is 1. The molecule has 0 saturated carbocycles. The Hall–Kier alpha value is -3.53. The molecule has 0 radical (unpaired) electrons. The standard InChI is InChI=1S/C24H27N5O2/c1-24(2,3)31-23(30)28-14-12-27(13-15-28)22-26-20-10-6-7-11-21(20)29(22)17-19-9-5-4-8-18(19)16-25/h4-11H,12-15,17H2,1-3H3. The van der Waals surface area contributed by atoms with Crippen molar-refractivity contribution < 1.29 is 9.53 Å². The third-order valence-electron chi connectivity index (χ3n) is 5.31. The van der Waals surface area contributed by atoms with Crippen LogP contribution in [0.15, 0.2) is 48.5 Å². The van der Waals surface area contributed by atoms with Gasteiger partial charge < -0.3 is 19.1 Å². The van der Waals surface area contributed by atoms with E-state index >= 15 is 0 Å². The Morgan fingerprint density at radius 1 is 1.06 bits per heavy atom. The Kier molecular flexibility index (Phi) is 5.55. The van der Waals surface area contributed by atoms with Gasteiger partial charge in [-0.3, -0.25) is 0 Å². The smallest absolute Gasteiger partial charge is 0.410 e. The third kappa shape index (κ3) is 4.48. The van der Waals surface area contributed by atoms with E-state index in [1.54, 1.807) is 4.90 Å². The highest BCUT2D eigenvalue weighted by molar-refractivity contribution is 5.79. The Bertz CT molecular complexity index is 1130. The van der Waals surface area contributed by atoms with Gasteiger partial charge in [-0.25, -0.2) is 9.78 Å². The van der Waals surface area contributed by atoms with Crippen LogP contribution in [0, 0.1) is 11.3 Å². The number of piperazine rings is 1. The SMILES string of the molecule is CC(C)(C)OC(=O)N1CCN(c2nc3ccccc3n2Cc2ccccc2C#N)CC1.